The summed E-state index contributed by atoms with van der Waals surface area (Å²) in [6.07, 6.45) is 1.80. The van der Waals surface area contributed by atoms with Gasteiger partial charge in [-0.1, -0.05) is 11.8 Å². The zero-order chi connectivity index (χ0) is 15.3. The Labute approximate surface area is 123 Å². The molecule has 1 aliphatic rings. The van der Waals surface area contributed by atoms with Gasteiger partial charge in [-0.2, -0.15) is 0 Å². The highest BCUT2D eigenvalue weighted by Crippen LogP contribution is 2.27. The van der Waals surface area contributed by atoms with Crippen molar-refractivity contribution in [3.05, 3.63) is 29.6 Å². The number of aliphatic hydroxyl groups excluding tert-OH is 1. The van der Waals surface area contributed by atoms with Gasteiger partial charge in [0.15, 0.2) is 0 Å². The fourth-order valence-corrected chi connectivity index (χ4v) is 2.13. The van der Waals surface area contributed by atoms with Gasteiger partial charge in [0.25, 0.3) is 5.91 Å². The Morgan fingerprint density at radius 1 is 1.57 bits per heavy atom. The van der Waals surface area contributed by atoms with Crippen molar-refractivity contribution >= 4 is 11.6 Å². The molecule has 2 rings (SSSR count). The predicted octanol–water partition coefficient (Wildman–Crippen LogP) is 2.07. The molecule has 0 aliphatic carbocycles. The molecule has 1 amide bonds. The number of carbonyl (C=O) groups is 1. The molecule has 1 aliphatic heterocycles. The maximum Gasteiger partial charge on any atom is 0.256 e. The van der Waals surface area contributed by atoms with Crippen LogP contribution in [0.3, 0.4) is 0 Å². The first kappa shape index (κ1) is 15.5. The molecule has 1 fully saturated rings. The van der Waals surface area contributed by atoms with E-state index in [1.54, 1.807) is 13.0 Å². The molecule has 5 heteroatoms. The van der Waals surface area contributed by atoms with E-state index in [0.717, 1.165) is 6.42 Å². The van der Waals surface area contributed by atoms with Gasteiger partial charge in [0.2, 0.25) is 0 Å². The van der Waals surface area contributed by atoms with Crippen LogP contribution >= 0.6 is 0 Å². The summed E-state index contributed by atoms with van der Waals surface area (Å²) in [5.41, 5.74) is -0.266. The zero-order valence-corrected chi connectivity index (χ0v) is 11.9. The zero-order valence-electron chi connectivity index (χ0n) is 11.9. The highest BCUT2D eigenvalue weighted by Gasteiger charge is 2.37. The second kappa shape index (κ2) is 6.70. The first-order valence-electron chi connectivity index (χ1n) is 6.90. The Hall–Kier alpha value is -1.90. The summed E-state index contributed by atoms with van der Waals surface area (Å²) in [6.45, 7) is 2.23. The molecule has 4 nitrogen and oxygen atoms in total. The van der Waals surface area contributed by atoms with Gasteiger partial charge in [-0.05, 0) is 38.0 Å². The number of carbonyl (C=O) groups excluding carboxylic acids is 1. The molecule has 2 N–H and O–H groups in total. The second-order valence-electron chi connectivity index (χ2n) is 5.11. The molecule has 1 aromatic carbocycles. The summed E-state index contributed by atoms with van der Waals surface area (Å²) in [6, 6.07) is 4.37. The summed E-state index contributed by atoms with van der Waals surface area (Å²) < 4.78 is 19.4. The van der Waals surface area contributed by atoms with Crippen molar-refractivity contribution in [3.8, 4) is 11.8 Å². The van der Waals surface area contributed by atoms with Crippen LogP contribution in [0.1, 0.15) is 31.7 Å². The van der Waals surface area contributed by atoms with Gasteiger partial charge >= 0.3 is 0 Å². The maximum atomic E-state index is 14.0. The standard InChI is InChI=1S/C16H18FNO3/c1-16(8-4-10-21-16)15(20)18-14-7-6-12(11-13(14)17)5-2-3-9-19/h6-7,11,19H,3-4,8-10H2,1H3,(H,18,20). The highest BCUT2D eigenvalue weighted by molar-refractivity contribution is 5.97. The lowest BCUT2D eigenvalue weighted by Crippen LogP contribution is -2.39. The molecule has 1 saturated heterocycles. The van der Waals surface area contributed by atoms with Crippen molar-refractivity contribution in [2.45, 2.75) is 31.8 Å². The van der Waals surface area contributed by atoms with Crippen LogP contribution in [0.2, 0.25) is 0 Å². The van der Waals surface area contributed by atoms with Gasteiger partial charge in [0.05, 0.1) is 12.3 Å². The molecule has 1 unspecified atom stereocenters. The van der Waals surface area contributed by atoms with Crippen molar-refractivity contribution in [3.63, 3.8) is 0 Å². The molecule has 0 spiro atoms. The van der Waals surface area contributed by atoms with Crippen molar-refractivity contribution in [2.75, 3.05) is 18.5 Å². The van der Waals surface area contributed by atoms with Crippen molar-refractivity contribution in [1.29, 1.82) is 0 Å². The number of nitrogens with one attached hydrogen (secondary N) is 1. The third kappa shape index (κ3) is 3.81. The van der Waals surface area contributed by atoms with Crippen molar-refractivity contribution in [1.82, 2.24) is 0 Å². The SMILES string of the molecule is CC1(C(=O)Nc2ccc(C#CCCO)cc2F)CCCO1. The quantitative estimate of drug-likeness (QED) is 0.838. The molecule has 0 saturated carbocycles. The average Bonchev–Trinajstić information content (AvgIpc) is 2.90. The smallest absolute Gasteiger partial charge is 0.256 e. The van der Waals surface area contributed by atoms with E-state index in [9.17, 15) is 9.18 Å². The molecule has 1 aromatic rings. The Kier molecular flexibility index (Phi) is 4.94. The van der Waals surface area contributed by atoms with E-state index in [1.165, 1.54) is 12.1 Å². The summed E-state index contributed by atoms with van der Waals surface area (Å²) in [5.74, 6) is 4.58. The number of hydrogen-bond acceptors (Lipinski definition) is 3. The minimum atomic E-state index is -0.883. The Balaban J connectivity index is 2.08. The molecular formula is C16H18FNO3. The number of amides is 1. The lowest BCUT2D eigenvalue weighted by Gasteiger charge is -2.22. The molecule has 21 heavy (non-hydrogen) atoms. The number of anilines is 1. The predicted molar refractivity (Wildman–Crippen MR) is 77.2 cm³/mol. The highest BCUT2D eigenvalue weighted by atomic mass is 19.1. The fraction of sp³-hybridized carbons (Fsp3) is 0.438. The number of rotatable bonds is 3. The van der Waals surface area contributed by atoms with E-state index in [0.29, 0.717) is 25.0 Å². The van der Waals surface area contributed by atoms with Gasteiger partial charge in [-0.3, -0.25) is 4.79 Å². The van der Waals surface area contributed by atoms with Gasteiger partial charge in [-0.15, -0.1) is 0 Å². The van der Waals surface area contributed by atoms with Crippen LogP contribution in [0.5, 0.6) is 0 Å². The second-order valence-corrected chi connectivity index (χ2v) is 5.11. The molecule has 0 radical (unpaired) electrons. The number of aliphatic hydroxyl groups is 1. The Bertz CT molecular complexity index is 583. The van der Waals surface area contributed by atoms with E-state index in [1.807, 2.05) is 0 Å². The molecule has 1 heterocycles. The Morgan fingerprint density at radius 2 is 2.38 bits per heavy atom. The molecule has 0 bridgehead atoms. The van der Waals surface area contributed by atoms with E-state index in [2.05, 4.69) is 17.2 Å². The van der Waals surface area contributed by atoms with Gasteiger partial charge in [0.1, 0.15) is 11.4 Å². The average molecular weight is 291 g/mol. The van der Waals surface area contributed by atoms with Crippen LogP contribution in [0.15, 0.2) is 18.2 Å². The number of halogens is 1. The van der Waals surface area contributed by atoms with Gasteiger partial charge in [-0.25, -0.2) is 4.39 Å². The lowest BCUT2D eigenvalue weighted by molar-refractivity contribution is -0.133. The van der Waals surface area contributed by atoms with Gasteiger partial charge in [0, 0.05) is 18.6 Å². The lowest BCUT2D eigenvalue weighted by atomic mass is 10.0. The van der Waals surface area contributed by atoms with Crippen molar-refractivity contribution < 1.29 is 19.0 Å². The van der Waals surface area contributed by atoms with Crippen LogP contribution < -0.4 is 5.32 Å². The van der Waals surface area contributed by atoms with Gasteiger partial charge < -0.3 is 15.2 Å². The van der Waals surface area contributed by atoms with Crippen LogP contribution in [0, 0.1) is 17.7 Å². The van der Waals surface area contributed by atoms with E-state index < -0.39 is 11.4 Å². The molecule has 0 aromatic heterocycles. The molecule has 1 atom stereocenters. The number of hydrogen-bond donors (Lipinski definition) is 2. The summed E-state index contributed by atoms with van der Waals surface area (Å²) in [4.78, 5) is 12.1. The molecular weight excluding hydrogens is 273 g/mol. The first-order valence-corrected chi connectivity index (χ1v) is 6.90. The minimum absolute atomic E-state index is 0.0256. The number of ether oxygens (including phenoxy) is 1. The minimum Gasteiger partial charge on any atom is -0.395 e. The van der Waals surface area contributed by atoms with Crippen LogP contribution in [-0.2, 0) is 9.53 Å². The largest absolute Gasteiger partial charge is 0.395 e. The molecule has 112 valence electrons. The third-order valence-electron chi connectivity index (χ3n) is 3.39. The van der Waals surface area contributed by atoms with E-state index in [-0.39, 0.29) is 18.2 Å². The topological polar surface area (TPSA) is 58.6 Å². The normalized spacial score (nSPS) is 20.7. The third-order valence-corrected chi connectivity index (χ3v) is 3.39. The Morgan fingerprint density at radius 3 is 3.00 bits per heavy atom. The first-order chi connectivity index (χ1) is 10.0. The fourth-order valence-electron chi connectivity index (χ4n) is 2.13. The summed E-state index contributed by atoms with van der Waals surface area (Å²) in [7, 11) is 0. The van der Waals surface area contributed by atoms with Crippen LogP contribution in [0.4, 0.5) is 10.1 Å². The van der Waals surface area contributed by atoms with E-state index in [4.69, 9.17) is 9.84 Å². The monoisotopic (exact) mass is 291 g/mol. The maximum absolute atomic E-state index is 14.0. The summed E-state index contributed by atoms with van der Waals surface area (Å²) in [5, 5.41) is 11.2. The van der Waals surface area contributed by atoms with E-state index >= 15 is 0 Å². The van der Waals surface area contributed by atoms with Crippen LogP contribution in [-0.4, -0.2) is 29.8 Å². The van der Waals surface area contributed by atoms with Crippen LogP contribution in [0.25, 0.3) is 0 Å². The summed E-state index contributed by atoms with van der Waals surface area (Å²) >= 11 is 0. The van der Waals surface area contributed by atoms with Crippen molar-refractivity contribution in [2.24, 2.45) is 0 Å². The number of benzene rings is 1.